The lowest BCUT2D eigenvalue weighted by Gasteiger charge is -2.11. The first-order valence-electron chi connectivity index (χ1n) is 17.7. The topological polar surface area (TPSA) is 71.4 Å². The Morgan fingerprint density at radius 2 is 0.732 bits per heavy atom. The minimum atomic E-state index is -0.415. The fraction of sp³-hybridized carbons (Fsp3) is 0.919. The Morgan fingerprint density at radius 3 is 1.05 bits per heavy atom. The maximum atomic E-state index is 11.3. The van der Waals surface area contributed by atoms with Crippen molar-refractivity contribution in [1.29, 1.82) is 0 Å². The Morgan fingerprint density at radius 1 is 0.439 bits per heavy atom. The molecule has 0 rings (SSSR count). The van der Waals surface area contributed by atoms with Crippen molar-refractivity contribution in [3.8, 4) is 0 Å². The summed E-state index contributed by atoms with van der Waals surface area (Å²) in [6.07, 6.45) is 23.6. The Kier molecular flexibility index (Phi) is 36.3. The zero-order chi connectivity index (χ0) is 31.9. The smallest absolute Gasteiger partial charge is 0.137 e. The third-order valence-corrected chi connectivity index (χ3v) is 7.56. The zero-order valence-corrected chi connectivity index (χ0v) is 29.3. The molecule has 4 nitrogen and oxygen atoms in total. The predicted octanol–water partition coefficient (Wildman–Crippen LogP) is 11.2. The second-order valence-corrected chi connectivity index (χ2v) is 13.0. The Balaban J connectivity index is -0.000000532. The van der Waals surface area contributed by atoms with E-state index in [1.165, 1.54) is 89.9 Å². The number of aliphatic hydroxyl groups excluding tert-OH is 1. The van der Waals surface area contributed by atoms with Crippen LogP contribution in [0.1, 0.15) is 197 Å². The summed E-state index contributed by atoms with van der Waals surface area (Å²) in [6.45, 7) is 18.3. The molecule has 246 valence electrons. The summed E-state index contributed by atoms with van der Waals surface area (Å²) in [5, 5.41) is 9.60. The molecule has 0 saturated carbocycles. The van der Waals surface area contributed by atoms with E-state index >= 15 is 0 Å². The Bertz CT molecular complexity index is 579. The highest BCUT2D eigenvalue weighted by atomic mass is 16.3. The van der Waals surface area contributed by atoms with Crippen molar-refractivity contribution in [3.63, 3.8) is 0 Å². The number of hydrogen-bond acceptors (Lipinski definition) is 4. The van der Waals surface area contributed by atoms with Crippen molar-refractivity contribution in [1.82, 2.24) is 0 Å². The lowest BCUT2D eigenvalue weighted by Crippen LogP contribution is -2.17. The summed E-state index contributed by atoms with van der Waals surface area (Å²) < 4.78 is 0. The molecule has 0 amide bonds. The van der Waals surface area contributed by atoms with Crippen LogP contribution in [-0.4, -0.2) is 28.6 Å². The van der Waals surface area contributed by atoms with Crippen molar-refractivity contribution in [2.75, 3.05) is 0 Å². The number of carbonyl (C=O) groups excluding carboxylic acids is 3. The number of aliphatic hydroxyl groups is 1. The second kappa shape index (κ2) is 33.5. The lowest BCUT2D eigenvalue weighted by molar-refractivity contribution is -0.124. The van der Waals surface area contributed by atoms with Gasteiger partial charge < -0.3 is 5.11 Å². The van der Waals surface area contributed by atoms with Crippen LogP contribution in [0.4, 0.5) is 0 Å². The van der Waals surface area contributed by atoms with Crippen molar-refractivity contribution >= 4 is 17.3 Å². The van der Waals surface area contributed by atoms with E-state index in [4.69, 9.17) is 0 Å². The van der Waals surface area contributed by atoms with Gasteiger partial charge in [0.2, 0.25) is 0 Å². The van der Waals surface area contributed by atoms with Gasteiger partial charge in [-0.05, 0) is 19.3 Å². The molecule has 1 atom stereocenters. The first kappa shape index (κ1) is 44.4. The minimum absolute atomic E-state index is 0.0553. The third kappa shape index (κ3) is 36.9. The van der Waals surface area contributed by atoms with Crippen molar-refractivity contribution < 1.29 is 19.5 Å². The first-order valence-corrected chi connectivity index (χ1v) is 17.7. The van der Waals surface area contributed by atoms with Gasteiger partial charge in [0.05, 0.1) is 6.10 Å². The average molecular weight is 583 g/mol. The van der Waals surface area contributed by atoms with Crippen LogP contribution in [0.5, 0.6) is 0 Å². The van der Waals surface area contributed by atoms with Crippen LogP contribution < -0.4 is 0 Å². The molecule has 1 N–H and O–H groups in total. The van der Waals surface area contributed by atoms with Gasteiger partial charge in [-0.25, -0.2) is 0 Å². The average Bonchev–Trinajstić information content (AvgIpc) is 2.92. The normalized spacial score (nSPS) is 11.6. The van der Waals surface area contributed by atoms with Crippen LogP contribution in [-0.2, 0) is 14.4 Å². The maximum Gasteiger partial charge on any atom is 0.137 e. The molecular formula is C37H74O4. The predicted molar refractivity (Wildman–Crippen MR) is 180 cm³/mol. The van der Waals surface area contributed by atoms with E-state index in [0.29, 0.717) is 18.0 Å². The van der Waals surface area contributed by atoms with E-state index in [0.717, 1.165) is 38.5 Å². The molecule has 0 aliphatic heterocycles. The van der Waals surface area contributed by atoms with Crippen molar-refractivity contribution in [2.24, 2.45) is 17.8 Å². The van der Waals surface area contributed by atoms with E-state index in [1.807, 2.05) is 41.5 Å². The number of carbonyl (C=O) groups is 3. The SMILES string of the molecule is CCCCCCCC(=O)C(C)C.CCCCCCCCCC(=O)C(C)C.CCCCCCC[C@@H](O)CC(=O)C(C)C. The van der Waals surface area contributed by atoms with Crippen molar-refractivity contribution in [2.45, 2.75) is 203 Å². The van der Waals surface area contributed by atoms with Gasteiger partial charge in [-0.15, -0.1) is 0 Å². The van der Waals surface area contributed by atoms with E-state index in [2.05, 4.69) is 20.8 Å². The highest BCUT2D eigenvalue weighted by Crippen LogP contribution is 2.12. The molecule has 0 saturated heterocycles. The van der Waals surface area contributed by atoms with Gasteiger partial charge in [-0.2, -0.15) is 0 Å². The summed E-state index contributed by atoms with van der Waals surface area (Å²) >= 11 is 0. The number of ketones is 3. The van der Waals surface area contributed by atoms with Gasteiger partial charge >= 0.3 is 0 Å². The number of hydrogen-bond donors (Lipinski definition) is 1. The summed E-state index contributed by atoms with van der Waals surface area (Å²) in [5.74, 6) is 1.55. The molecular weight excluding hydrogens is 508 g/mol. The van der Waals surface area contributed by atoms with Gasteiger partial charge in [-0.3, -0.25) is 14.4 Å². The van der Waals surface area contributed by atoms with Crippen LogP contribution in [0, 0.1) is 17.8 Å². The van der Waals surface area contributed by atoms with E-state index in [-0.39, 0.29) is 23.5 Å². The molecule has 41 heavy (non-hydrogen) atoms. The Hall–Kier alpha value is -1.03. The largest absolute Gasteiger partial charge is 0.393 e. The summed E-state index contributed by atoms with van der Waals surface area (Å²) in [4.78, 5) is 33.8. The van der Waals surface area contributed by atoms with Crippen LogP contribution in [0.25, 0.3) is 0 Å². The summed E-state index contributed by atoms with van der Waals surface area (Å²) in [6, 6.07) is 0. The first-order chi connectivity index (χ1) is 19.4. The van der Waals surface area contributed by atoms with Crippen LogP contribution in [0.3, 0.4) is 0 Å². The van der Waals surface area contributed by atoms with Gasteiger partial charge in [-0.1, -0.05) is 159 Å². The number of rotatable bonds is 25. The quantitative estimate of drug-likeness (QED) is 0.109. The second-order valence-electron chi connectivity index (χ2n) is 13.0. The van der Waals surface area contributed by atoms with Crippen LogP contribution in [0.2, 0.25) is 0 Å². The highest BCUT2D eigenvalue weighted by Gasteiger charge is 2.13. The van der Waals surface area contributed by atoms with Crippen molar-refractivity contribution in [3.05, 3.63) is 0 Å². The fourth-order valence-corrected chi connectivity index (χ4v) is 4.29. The molecule has 0 fully saturated rings. The van der Waals surface area contributed by atoms with E-state index in [1.54, 1.807) is 0 Å². The molecule has 0 unspecified atom stereocenters. The standard InChI is InChI=1S/C13H26O2.C13H26O.C11H22O/c1-4-5-6-7-8-9-12(14)10-13(15)11(2)3;1-4-5-6-7-8-9-10-11-13(14)12(2)3;1-4-5-6-7-8-9-11(12)10(2)3/h11-12,14H,4-10H2,1-3H3;12H,4-11H2,1-3H3;10H,4-9H2,1-3H3/t12-;;/m1../s1. The van der Waals surface area contributed by atoms with Crippen LogP contribution >= 0.6 is 0 Å². The molecule has 0 radical (unpaired) electrons. The van der Waals surface area contributed by atoms with Crippen LogP contribution in [0.15, 0.2) is 0 Å². The van der Waals surface area contributed by atoms with Gasteiger partial charge in [0.1, 0.15) is 17.3 Å². The van der Waals surface area contributed by atoms with E-state index in [9.17, 15) is 19.5 Å². The Labute approximate surface area is 257 Å². The molecule has 0 spiro atoms. The zero-order valence-electron chi connectivity index (χ0n) is 29.3. The third-order valence-electron chi connectivity index (χ3n) is 7.56. The number of Topliss-reactive ketones (excluding diaryl/α,β-unsaturated/α-hetero) is 3. The molecule has 0 aromatic rings. The monoisotopic (exact) mass is 583 g/mol. The molecule has 4 heteroatoms. The lowest BCUT2D eigenvalue weighted by atomic mass is 9.99. The molecule has 0 aliphatic rings. The summed E-state index contributed by atoms with van der Waals surface area (Å²) in [7, 11) is 0. The highest BCUT2D eigenvalue weighted by molar-refractivity contribution is 5.81. The van der Waals surface area contributed by atoms with Gasteiger partial charge in [0, 0.05) is 37.0 Å². The van der Waals surface area contributed by atoms with Gasteiger partial charge in [0.25, 0.3) is 0 Å². The molecule has 0 aliphatic carbocycles. The van der Waals surface area contributed by atoms with E-state index < -0.39 is 6.10 Å². The molecule has 0 aromatic heterocycles. The molecule has 0 heterocycles. The molecule has 0 bridgehead atoms. The fourth-order valence-electron chi connectivity index (χ4n) is 4.29. The maximum absolute atomic E-state index is 11.3. The summed E-state index contributed by atoms with van der Waals surface area (Å²) in [5.41, 5.74) is 0. The van der Waals surface area contributed by atoms with Gasteiger partial charge in [0.15, 0.2) is 0 Å². The number of unbranched alkanes of at least 4 members (excludes halogenated alkanes) is 14. The minimum Gasteiger partial charge on any atom is -0.393 e. The molecule has 0 aromatic carbocycles.